The van der Waals surface area contributed by atoms with Gasteiger partial charge in [0.1, 0.15) is 24.1 Å². The molecule has 3 rings (SSSR count). The van der Waals surface area contributed by atoms with E-state index in [-0.39, 0.29) is 41.9 Å². The maximum absolute atomic E-state index is 12.3. The Balaban J connectivity index is 0.00000363. The van der Waals surface area contributed by atoms with Crippen molar-refractivity contribution in [2.24, 2.45) is 4.99 Å². The number of nitrogens with one attached hydrogen (secondary N) is 2. The van der Waals surface area contributed by atoms with Crippen LogP contribution in [0.1, 0.15) is 11.1 Å². The summed E-state index contributed by atoms with van der Waals surface area (Å²) in [6.45, 7) is 2.39. The van der Waals surface area contributed by atoms with E-state index in [4.69, 9.17) is 9.79 Å². The summed E-state index contributed by atoms with van der Waals surface area (Å²) in [4.78, 5) is 46.8. The number of hydrogen-bond acceptors (Lipinski definition) is 9. The van der Waals surface area contributed by atoms with Crippen molar-refractivity contribution in [2.75, 3.05) is 23.4 Å². The van der Waals surface area contributed by atoms with Gasteiger partial charge in [-0.25, -0.2) is 9.36 Å². The maximum atomic E-state index is 12.3. The Bertz CT molecular complexity index is 985. The number of benzene rings is 1. The van der Waals surface area contributed by atoms with E-state index >= 15 is 0 Å². The Morgan fingerprint density at radius 2 is 1.78 bits per heavy atom. The molecule has 15 heteroatoms. The van der Waals surface area contributed by atoms with E-state index in [2.05, 4.69) is 20.1 Å². The monoisotopic (exact) mass is 481 g/mol. The molecule has 4 atom stereocenters. The smallest absolute Gasteiger partial charge is 0.388 e. The molecule has 1 unspecified atom stereocenters. The Morgan fingerprint density at radius 1 is 1.16 bits per heavy atom. The number of rotatable bonds is 7. The fourth-order valence-electron chi connectivity index (χ4n) is 3.27. The Hall–Kier alpha value is -1.38. The summed E-state index contributed by atoms with van der Waals surface area (Å²) in [6.07, 6.45) is -5.34. The maximum Gasteiger partial charge on any atom is 1.00 e. The van der Waals surface area contributed by atoms with Crippen molar-refractivity contribution in [3.05, 3.63) is 23.3 Å². The average molecular weight is 481 g/mol. The van der Waals surface area contributed by atoms with Crippen LogP contribution in [0.5, 0.6) is 0 Å². The topological polar surface area (TPSA) is 201 Å². The number of imide groups is 1. The first-order chi connectivity index (χ1) is 14.4. The molecule has 32 heavy (non-hydrogen) atoms. The number of amidine groups is 1. The summed E-state index contributed by atoms with van der Waals surface area (Å²) in [5.74, 6) is -0.647. The van der Waals surface area contributed by atoms with Crippen molar-refractivity contribution >= 4 is 37.0 Å². The first-order valence-corrected chi connectivity index (χ1v) is 10.7. The molecule has 0 bridgehead atoms. The molecule has 0 aliphatic carbocycles. The van der Waals surface area contributed by atoms with Crippen molar-refractivity contribution in [1.29, 1.82) is 0 Å². The molecule has 13 nitrogen and oxygen atoms in total. The van der Waals surface area contributed by atoms with Gasteiger partial charge >= 0.3 is 43.4 Å². The minimum Gasteiger partial charge on any atom is -0.388 e. The summed E-state index contributed by atoms with van der Waals surface area (Å²) >= 11 is 0. The van der Waals surface area contributed by atoms with Crippen LogP contribution in [0.2, 0.25) is 0 Å². The molecule has 0 aromatic heterocycles. The van der Waals surface area contributed by atoms with Crippen molar-refractivity contribution in [1.82, 2.24) is 5.32 Å². The number of aliphatic hydroxyl groups excluding tert-OH is 3. The molecule has 0 fully saturated rings. The minimum atomic E-state index is -4.88. The van der Waals surface area contributed by atoms with E-state index in [0.29, 0.717) is 11.4 Å². The second-order valence-electron chi connectivity index (χ2n) is 7.32. The van der Waals surface area contributed by atoms with Gasteiger partial charge in [-0.3, -0.25) is 14.6 Å². The van der Waals surface area contributed by atoms with Crippen LogP contribution in [-0.4, -0.2) is 80.4 Å². The molecule has 1 aromatic carbocycles. The number of aliphatic imine (C=N–C) groups is 1. The number of phosphoric acid groups is 1. The predicted molar refractivity (Wildman–Crippen MR) is 108 cm³/mol. The van der Waals surface area contributed by atoms with Gasteiger partial charge < -0.3 is 35.3 Å². The van der Waals surface area contributed by atoms with Gasteiger partial charge in [0.25, 0.3) is 5.91 Å². The van der Waals surface area contributed by atoms with E-state index < -0.39 is 50.7 Å². The fourth-order valence-corrected chi connectivity index (χ4v) is 3.62. The van der Waals surface area contributed by atoms with Gasteiger partial charge in [0, 0.05) is 0 Å². The summed E-state index contributed by atoms with van der Waals surface area (Å²) in [5, 5.41) is 35.7. The number of β-amino-alcohol motifs (C(OH)–C–C–N with tert-alkyl or cyclic N) is 1. The number of aliphatic hydroxyl groups is 3. The van der Waals surface area contributed by atoms with Gasteiger partial charge in [0.05, 0.1) is 24.5 Å². The van der Waals surface area contributed by atoms with E-state index in [9.17, 15) is 29.5 Å². The zero-order valence-corrected chi connectivity index (χ0v) is 20.5. The number of carbonyl (C=O) groups excluding carboxylic acids is 2. The third-order valence-electron chi connectivity index (χ3n) is 5.02. The normalized spacial score (nSPS) is 20.7. The summed E-state index contributed by atoms with van der Waals surface area (Å²) < 4.78 is 14.9. The predicted octanol–water partition coefficient (Wildman–Crippen LogP) is -4.25. The molecule has 2 aliphatic rings. The van der Waals surface area contributed by atoms with Gasteiger partial charge in [-0.15, -0.1) is 0 Å². The summed E-state index contributed by atoms with van der Waals surface area (Å²) in [6, 6.07) is 1.61. The second-order valence-corrected chi connectivity index (χ2v) is 8.56. The number of fused-ring (bicyclic) bond motifs is 2. The zero-order valence-electron chi connectivity index (χ0n) is 17.6. The van der Waals surface area contributed by atoms with Crippen LogP contribution in [0.3, 0.4) is 0 Å². The Labute approximate surface area is 205 Å². The van der Waals surface area contributed by atoms with Gasteiger partial charge in [-0.05, 0) is 37.1 Å². The number of anilines is 2. The molecule has 0 saturated heterocycles. The first kappa shape index (κ1) is 26.9. The van der Waals surface area contributed by atoms with Gasteiger partial charge in [0.15, 0.2) is 6.04 Å². The number of urea groups is 1. The van der Waals surface area contributed by atoms with E-state index in [1.54, 1.807) is 12.1 Å². The van der Waals surface area contributed by atoms with Crippen molar-refractivity contribution in [3.8, 4) is 0 Å². The van der Waals surface area contributed by atoms with Crippen LogP contribution >= 0.6 is 7.82 Å². The van der Waals surface area contributed by atoms with Gasteiger partial charge in [-0.2, -0.15) is 4.99 Å². The third-order valence-corrected chi connectivity index (χ3v) is 5.50. The van der Waals surface area contributed by atoms with Crippen LogP contribution in [0.4, 0.5) is 16.2 Å². The zero-order chi connectivity index (χ0) is 23.1. The van der Waals surface area contributed by atoms with Crippen LogP contribution in [0.15, 0.2) is 17.1 Å². The van der Waals surface area contributed by atoms with Crippen LogP contribution in [-0.2, 0) is 13.9 Å². The molecular weight excluding hydrogens is 458 g/mol. The standard InChI is InChI=1S/C17H23N4O9P.Na/c1-7-3-9-10(4-8(7)2)21(15-13(18-9)16(25)20-17(26)19-15)5-11(22)14(24)12(23)6-30-31(27,28)29;/h3-4,11-14,18,22-24H,5-6H2,1-2H3,(H,20,25,26)(H2,27,28,29);/q;+1/t11-,12+,13?,14-;/m0./s1. The Morgan fingerprint density at radius 3 is 2.41 bits per heavy atom. The van der Waals surface area contributed by atoms with Crippen molar-refractivity contribution in [3.63, 3.8) is 0 Å². The average Bonchev–Trinajstić information content (AvgIpc) is 2.67. The second kappa shape index (κ2) is 10.3. The number of aryl methyl sites for hydroxylation is 2. The largest absolute Gasteiger partial charge is 1.00 e. The van der Waals surface area contributed by atoms with Crippen LogP contribution in [0, 0.1) is 13.8 Å². The number of carbonyl (C=O) groups is 2. The van der Waals surface area contributed by atoms with Gasteiger partial charge in [0.2, 0.25) is 0 Å². The van der Waals surface area contributed by atoms with E-state index in [1.807, 2.05) is 13.8 Å². The number of hydrogen-bond donors (Lipinski definition) is 7. The molecule has 2 aliphatic heterocycles. The quantitative estimate of drug-likeness (QED) is 0.147. The van der Waals surface area contributed by atoms with E-state index in [0.717, 1.165) is 11.1 Å². The molecule has 170 valence electrons. The molecule has 2 heterocycles. The molecular formula is C17H23N4NaO9P+. The number of phosphoric ester groups is 1. The minimum absolute atomic E-state index is 0. The summed E-state index contributed by atoms with van der Waals surface area (Å²) in [5.41, 5.74) is 2.81. The summed E-state index contributed by atoms with van der Waals surface area (Å²) in [7, 11) is -4.88. The molecule has 1 aromatic rings. The SMILES string of the molecule is Cc1cc2c(cc1C)N(C[C@H](O)[C@H](O)[C@H](O)COP(=O)(O)O)C1=NC(=O)NC(=O)C1N2.[Na+]. The van der Waals surface area contributed by atoms with Crippen molar-refractivity contribution < 1.29 is 73.3 Å². The van der Waals surface area contributed by atoms with Crippen molar-refractivity contribution in [2.45, 2.75) is 38.2 Å². The number of nitrogens with zero attached hydrogens (tertiary/aromatic N) is 2. The number of amides is 3. The molecule has 0 saturated carbocycles. The Kier molecular flexibility index (Phi) is 8.62. The van der Waals surface area contributed by atoms with Crippen LogP contribution < -0.4 is 45.1 Å². The molecule has 3 amide bonds. The molecule has 7 N–H and O–H groups in total. The molecule has 0 spiro atoms. The molecule has 0 radical (unpaired) electrons. The van der Waals surface area contributed by atoms with E-state index in [1.165, 1.54) is 4.90 Å². The first-order valence-electron chi connectivity index (χ1n) is 9.20. The van der Waals surface area contributed by atoms with Crippen LogP contribution in [0.25, 0.3) is 0 Å². The van der Waals surface area contributed by atoms with Gasteiger partial charge in [-0.1, -0.05) is 0 Å². The third kappa shape index (κ3) is 5.94. The fraction of sp³-hybridized carbons (Fsp3) is 0.471.